The predicted octanol–water partition coefficient (Wildman–Crippen LogP) is 3.96. The van der Waals surface area contributed by atoms with E-state index in [9.17, 15) is 19.8 Å². The molecule has 35 heavy (non-hydrogen) atoms. The third-order valence-electron chi connectivity index (χ3n) is 4.57. The van der Waals surface area contributed by atoms with Gasteiger partial charge in [0.25, 0.3) is 0 Å². The van der Waals surface area contributed by atoms with Crippen molar-refractivity contribution in [3.8, 4) is 0 Å². The van der Waals surface area contributed by atoms with E-state index >= 15 is 0 Å². The summed E-state index contributed by atoms with van der Waals surface area (Å²) in [6.07, 6.45) is 6.96. The Morgan fingerprint density at radius 2 is 1.09 bits per heavy atom. The Kier molecular flexibility index (Phi) is 20.1. The normalized spacial score (nSPS) is 9.26. The van der Waals surface area contributed by atoms with Crippen molar-refractivity contribution in [2.24, 2.45) is 0 Å². The highest BCUT2D eigenvalue weighted by atomic mass is 32.1. The van der Waals surface area contributed by atoms with Gasteiger partial charge >= 0.3 is 0 Å². The van der Waals surface area contributed by atoms with Gasteiger partial charge in [0.2, 0.25) is 0 Å². The average molecular weight is 515 g/mol. The zero-order valence-electron chi connectivity index (χ0n) is 20.7. The highest BCUT2D eigenvalue weighted by Crippen LogP contribution is 2.06. The Morgan fingerprint density at radius 3 is 1.43 bits per heavy atom. The van der Waals surface area contributed by atoms with Crippen molar-refractivity contribution in [1.82, 2.24) is 0 Å². The second-order valence-electron chi connectivity index (χ2n) is 7.78. The molecule has 0 saturated carbocycles. The summed E-state index contributed by atoms with van der Waals surface area (Å²) in [5, 5.41) is 20.2. The molecule has 0 saturated heterocycles. The zero-order chi connectivity index (χ0) is 26.3. The summed E-state index contributed by atoms with van der Waals surface area (Å²) in [4.78, 5) is 22.4. The molecule has 0 bridgehead atoms. The van der Waals surface area contributed by atoms with Crippen LogP contribution in [0.25, 0.3) is 0 Å². The van der Waals surface area contributed by atoms with Gasteiger partial charge in [-0.25, -0.2) is 0 Å². The molecule has 0 aromatic heterocycles. The summed E-state index contributed by atoms with van der Waals surface area (Å²) < 4.78 is 0. The minimum Gasteiger partial charge on any atom is -0.550 e. The molecule has 0 aliphatic rings. The largest absolute Gasteiger partial charge is 0.550 e. The van der Waals surface area contributed by atoms with Crippen molar-refractivity contribution < 1.29 is 19.8 Å². The lowest BCUT2D eigenvalue weighted by Gasteiger charge is -2.00. The number of carboxylic acid groups (broad SMARTS) is 2. The number of carbonyl (C=O) groups excluding carboxylic acids is 2. The summed E-state index contributed by atoms with van der Waals surface area (Å²) in [6, 6.07) is 26.5. The van der Waals surface area contributed by atoms with Crippen molar-refractivity contribution in [2.45, 2.75) is 68.6 Å². The quantitative estimate of drug-likeness (QED) is 0.337. The first-order valence-corrected chi connectivity index (χ1v) is 12.8. The predicted molar refractivity (Wildman–Crippen MR) is 148 cm³/mol. The van der Waals surface area contributed by atoms with Crippen LogP contribution < -0.4 is 10.2 Å². The lowest BCUT2D eigenvalue weighted by molar-refractivity contribution is -0.305. The monoisotopic (exact) mass is 514 g/mol. The number of carbonyl (C=O) groups is 2. The molecule has 4 nitrogen and oxygen atoms in total. The third-order valence-corrected chi connectivity index (χ3v) is 5.24. The van der Waals surface area contributed by atoms with Crippen LogP contribution in [0.2, 0.25) is 0 Å². The lowest BCUT2D eigenvalue weighted by Crippen LogP contribution is -2.21. The standard InChI is InChI=1S/C9H18O2.C8H8O2.2C6H6S/c1-2-3-4-5-6-7-8-9(10)11;1-6-2-4-7(5-3-6)8(9)10;2*7-6-4-2-1-3-5-6/h2-8H2,1H3,(H,10,11);2-5H,1H3,(H,9,10);2*1-5,7H. The van der Waals surface area contributed by atoms with Gasteiger partial charge < -0.3 is 19.8 Å². The highest BCUT2D eigenvalue weighted by molar-refractivity contribution is 7.59. The molecule has 0 N–H and O–H groups in total. The van der Waals surface area contributed by atoms with Crippen LogP contribution in [0.4, 0.5) is 0 Å². The number of aromatic carboxylic acids is 1. The molecule has 0 heterocycles. The van der Waals surface area contributed by atoms with Crippen molar-refractivity contribution in [3.05, 3.63) is 96.1 Å². The van der Waals surface area contributed by atoms with Crippen LogP contribution in [-0.2, 0) is 30.1 Å². The fourth-order valence-corrected chi connectivity index (χ4v) is 3.00. The van der Waals surface area contributed by atoms with Crippen LogP contribution in [0.1, 0.15) is 67.8 Å². The van der Waals surface area contributed by atoms with E-state index in [0.717, 1.165) is 28.2 Å². The summed E-state index contributed by atoms with van der Waals surface area (Å²) in [5.41, 5.74) is 1.27. The van der Waals surface area contributed by atoms with Gasteiger partial charge in [-0.05, 0) is 74.9 Å². The van der Waals surface area contributed by atoms with Gasteiger partial charge in [-0.2, -0.15) is 0 Å². The first-order chi connectivity index (χ1) is 16.8. The SMILES string of the molecule is CCCCCCCCC(=O)[O-].Cc1ccc(C(=O)[O-])cc1.[SH2+]c1ccccc1.[SH2+]c1ccccc1. The Morgan fingerprint density at radius 1 is 0.657 bits per heavy atom. The van der Waals surface area contributed by atoms with Crippen LogP contribution in [0, 0.1) is 6.92 Å². The van der Waals surface area contributed by atoms with Gasteiger partial charge in [0.15, 0.2) is 0 Å². The van der Waals surface area contributed by atoms with E-state index in [4.69, 9.17) is 0 Å². The van der Waals surface area contributed by atoms with Crippen LogP contribution in [-0.4, -0.2) is 11.9 Å². The van der Waals surface area contributed by atoms with E-state index in [0.29, 0.717) is 0 Å². The Labute approximate surface area is 221 Å². The maximum Gasteiger partial charge on any atom is 0.150 e. The third kappa shape index (κ3) is 21.6. The van der Waals surface area contributed by atoms with Crippen LogP contribution in [0.15, 0.2) is 94.7 Å². The van der Waals surface area contributed by atoms with E-state index in [-0.39, 0.29) is 12.0 Å². The molecule has 0 aliphatic carbocycles. The molecule has 0 fully saturated rings. The molecule has 0 aliphatic heterocycles. The smallest absolute Gasteiger partial charge is 0.150 e. The Hall–Kier alpha value is -2.70. The van der Waals surface area contributed by atoms with Gasteiger partial charge in [0, 0.05) is 5.97 Å². The number of hydrogen-bond donors (Lipinski definition) is 0. The summed E-state index contributed by atoms with van der Waals surface area (Å²) in [6.45, 7) is 4.07. The maximum absolute atomic E-state index is 10.2. The van der Waals surface area contributed by atoms with Crippen LogP contribution in [0.5, 0.6) is 0 Å². The Balaban J connectivity index is 0.000000448. The van der Waals surface area contributed by atoms with Gasteiger partial charge in [0.1, 0.15) is 9.79 Å². The fraction of sp³-hybridized carbons (Fsp3) is 0.310. The second-order valence-corrected chi connectivity index (χ2v) is 8.93. The number of hydrogen-bond acceptors (Lipinski definition) is 4. The van der Waals surface area contributed by atoms with E-state index in [1.54, 1.807) is 12.1 Å². The zero-order valence-corrected chi connectivity index (χ0v) is 22.7. The molecule has 0 unspecified atom stereocenters. The van der Waals surface area contributed by atoms with Crippen molar-refractivity contribution in [2.75, 3.05) is 0 Å². The summed E-state index contributed by atoms with van der Waals surface area (Å²) in [5.74, 6) is -2.04. The molecule has 3 rings (SSSR count). The number of aryl methyl sites for hydroxylation is 1. The van der Waals surface area contributed by atoms with Gasteiger partial charge in [0.05, 0.1) is 5.97 Å². The van der Waals surface area contributed by atoms with E-state index in [1.807, 2.05) is 67.6 Å². The van der Waals surface area contributed by atoms with Crippen LogP contribution >= 0.6 is 0 Å². The molecule has 0 atom stereocenters. The first kappa shape index (κ1) is 32.3. The average Bonchev–Trinajstić information content (AvgIpc) is 2.84. The molecule has 190 valence electrons. The number of benzene rings is 3. The fourth-order valence-electron chi connectivity index (χ4n) is 2.62. The minimum atomic E-state index is -1.12. The maximum atomic E-state index is 10.2. The van der Waals surface area contributed by atoms with Gasteiger partial charge in [-0.3, -0.25) is 0 Å². The number of rotatable bonds is 8. The lowest BCUT2D eigenvalue weighted by atomic mass is 10.1. The van der Waals surface area contributed by atoms with E-state index in [2.05, 4.69) is 32.2 Å². The molecule has 3 aromatic carbocycles. The first-order valence-electron chi connectivity index (χ1n) is 11.8. The summed E-state index contributed by atoms with van der Waals surface area (Å²) >= 11 is 6.71. The van der Waals surface area contributed by atoms with Crippen molar-refractivity contribution in [1.29, 1.82) is 0 Å². The number of aliphatic carboxylic acids is 1. The number of carboxylic acids is 2. The topological polar surface area (TPSA) is 80.3 Å². The Bertz CT molecular complexity index is 877. The molecule has 6 heteroatoms. The van der Waals surface area contributed by atoms with E-state index in [1.165, 1.54) is 37.8 Å². The van der Waals surface area contributed by atoms with E-state index < -0.39 is 11.9 Å². The molecule has 0 radical (unpaired) electrons. The molecule has 0 amide bonds. The summed E-state index contributed by atoms with van der Waals surface area (Å²) in [7, 11) is 0. The molecule has 0 spiro atoms. The van der Waals surface area contributed by atoms with Crippen molar-refractivity contribution in [3.63, 3.8) is 0 Å². The van der Waals surface area contributed by atoms with Gasteiger partial charge in [-0.1, -0.05) is 105 Å². The minimum absolute atomic E-state index is 0.227. The van der Waals surface area contributed by atoms with Crippen LogP contribution in [0.3, 0.4) is 0 Å². The molecule has 3 aromatic rings. The highest BCUT2D eigenvalue weighted by Gasteiger charge is 1.90. The van der Waals surface area contributed by atoms with Crippen molar-refractivity contribution >= 4 is 37.2 Å². The van der Waals surface area contributed by atoms with Gasteiger partial charge in [-0.15, -0.1) is 0 Å². The number of unbranched alkanes of at least 4 members (excludes halogenated alkanes) is 5. The second kappa shape index (κ2) is 21.8. The molecular formula is C29H38O4S2. The molecular weight excluding hydrogens is 476 g/mol.